The first-order valence-corrected chi connectivity index (χ1v) is 8.21. The van der Waals surface area contributed by atoms with Gasteiger partial charge in [-0.15, -0.1) is 0 Å². The number of hydrogen-bond donors (Lipinski definition) is 1. The van der Waals surface area contributed by atoms with Crippen molar-refractivity contribution < 1.29 is 4.74 Å². The average Bonchev–Trinajstić information content (AvgIpc) is 3.19. The summed E-state index contributed by atoms with van der Waals surface area (Å²) < 4.78 is 5.26. The van der Waals surface area contributed by atoms with E-state index >= 15 is 0 Å². The molecule has 3 unspecified atom stereocenters. The number of rotatable bonds is 5. The lowest BCUT2D eigenvalue weighted by molar-refractivity contribution is 0.413. The smallest absolute Gasteiger partial charge is 0.137 e. The second kappa shape index (κ2) is 5.95. The molecule has 20 heavy (non-hydrogen) atoms. The van der Waals surface area contributed by atoms with E-state index in [1.54, 1.807) is 7.11 Å². The summed E-state index contributed by atoms with van der Waals surface area (Å²) in [5, 5.41) is 4.40. The normalized spacial score (nSPS) is 29.6. The van der Waals surface area contributed by atoms with E-state index in [4.69, 9.17) is 16.3 Å². The minimum atomic E-state index is 0.455. The Morgan fingerprint density at radius 1 is 1.30 bits per heavy atom. The summed E-state index contributed by atoms with van der Waals surface area (Å²) in [7, 11) is 1.66. The molecule has 2 aliphatic rings. The lowest BCUT2D eigenvalue weighted by Crippen LogP contribution is -2.23. The topological polar surface area (TPSA) is 21.3 Å². The van der Waals surface area contributed by atoms with Gasteiger partial charge in [0.25, 0.3) is 0 Å². The summed E-state index contributed by atoms with van der Waals surface area (Å²) in [6.45, 7) is 3.19. The van der Waals surface area contributed by atoms with E-state index in [1.165, 1.54) is 31.2 Å². The maximum atomic E-state index is 6.30. The van der Waals surface area contributed by atoms with E-state index in [9.17, 15) is 0 Å². The Bertz CT molecular complexity index is 464. The minimum absolute atomic E-state index is 0.455. The van der Waals surface area contributed by atoms with Crippen molar-refractivity contribution in [3.8, 4) is 5.75 Å². The maximum absolute atomic E-state index is 6.30. The monoisotopic (exact) mass is 293 g/mol. The summed E-state index contributed by atoms with van der Waals surface area (Å²) >= 11 is 6.30. The number of nitrogens with one attached hydrogen (secondary N) is 1. The molecule has 0 amide bonds. The molecule has 2 saturated carbocycles. The zero-order valence-electron chi connectivity index (χ0n) is 12.4. The standard InChI is InChI=1S/C17H24ClNO/c1-3-19-17(16-12-6-4-5-7-13(12)16)11-8-9-15(20-2)14(18)10-11/h8-10,12-13,16-17,19H,3-7H2,1-2H3. The predicted octanol–water partition coefficient (Wildman–Crippen LogP) is 4.44. The molecule has 0 radical (unpaired) electrons. The molecule has 0 spiro atoms. The molecule has 0 saturated heterocycles. The Morgan fingerprint density at radius 2 is 2.00 bits per heavy atom. The zero-order chi connectivity index (χ0) is 14.1. The fraction of sp³-hybridized carbons (Fsp3) is 0.647. The fourth-order valence-electron chi connectivity index (χ4n) is 4.11. The molecular weight excluding hydrogens is 270 g/mol. The number of methoxy groups -OCH3 is 1. The third-order valence-corrected chi connectivity index (χ3v) is 5.36. The van der Waals surface area contributed by atoms with E-state index in [1.807, 2.05) is 6.07 Å². The Labute approximate surface area is 126 Å². The molecule has 3 atom stereocenters. The molecule has 3 heteroatoms. The van der Waals surface area contributed by atoms with Crippen molar-refractivity contribution in [2.24, 2.45) is 17.8 Å². The third-order valence-electron chi connectivity index (χ3n) is 5.07. The van der Waals surface area contributed by atoms with Crippen LogP contribution in [0.1, 0.15) is 44.2 Å². The largest absolute Gasteiger partial charge is 0.495 e. The molecule has 0 aromatic heterocycles. The molecule has 3 rings (SSSR count). The van der Waals surface area contributed by atoms with Crippen LogP contribution in [0.5, 0.6) is 5.75 Å². The molecule has 1 aromatic carbocycles. The molecule has 1 aromatic rings. The van der Waals surface area contributed by atoms with E-state index in [0.717, 1.165) is 35.1 Å². The summed E-state index contributed by atoms with van der Waals surface area (Å²) in [5.41, 5.74) is 1.32. The molecule has 110 valence electrons. The van der Waals surface area contributed by atoms with Crippen LogP contribution in [0.4, 0.5) is 0 Å². The van der Waals surface area contributed by atoms with Gasteiger partial charge in [-0.1, -0.05) is 37.4 Å². The third kappa shape index (κ3) is 2.56. The second-order valence-corrected chi connectivity index (χ2v) is 6.53. The van der Waals surface area contributed by atoms with Crippen LogP contribution in [0.2, 0.25) is 5.02 Å². The lowest BCUT2D eigenvalue weighted by atomic mass is 9.99. The van der Waals surface area contributed by atoms with Gasteiger partial charge >= 0.3 is 0 Å². The van der Waals surface area contributed by atoms with Gasteiger partial charge in [0.05, 0.1) is 12.1 Å². The van der Waals surface area contributed by atoms with Gasteiger partial charge in [0, 0.05) is 6.04 Å². The highest BCUT2D eigenvalue weighted by Crippen LogP contribution is 2.60. The summed E-state index contributed by atoms with van der Waals surface area (Å²) in [6.07, 6.45) is 5.67. The van der Waals surface area contributed by atoms with Gasteiger partial charge in [-0.05, 0) is 54.8 Å². The van der Waals surface area contributed by atoms with Crippen LogP contribution < -0.4 is 10.1 Å². The first-order chi connectivity index (χ1) is 9.76. The van der Waals surface area contributed by atoms with Crippen molar-refractivity contribution in [3.63, 3.8) is 0 Å². The molecule has 0 aliphatic heterocycles. The minimum Gasteiger partial charge on any atom is -0.495 e. The van der Waals surface area contributed by atoms with E-state index in [-0.39, 0.29) is 0 Å². The summed E-state index contributed by atoms with van der Waals surface area (Å²) in [4.78, 5) is 0. The van der Waals surface area contributed by atoms with Crippen LogP contribution in [-0.2, 0) is 0 Å². The van der Waals surface area contributed by atoms with Crippen LogP contribution >= 0.6 is 11.6 Å². The van der Waals surface area contributed by atoms with E-state index in [2.05, 4.69) is 24.4 Å². The van der Waals surface area contributed by atoms with Crippen LogP contribution in [0, 0.1) is 17.8 Å². The van der Waals surface area contributed by atoms with Crippen molar-refractivity contribution >= 4 is 11.6 Å². The van der Waals surface area contributed by atoms with Gasteiger partial charge in [-0.3, -0.25) is 0 Å². The summed E-state index contributed by atoms with van der Waals surface area (Å²) in [5.74, 6) is 3.45. The Kier molecular flexibility index (Phi) is 4.23. The van der Waals surface area contributed by atoms with Crippen LogP contribution in [0.3, 0.4) is 0 Å². The number of benzene rings is 1. The highest BCUT2D eigenvalue weighted by molar-refractivity contribution is 6.32. The highest BCUT2D eigenvalue weighted by atomic mass is 35.5. The first kappa shape index (κ1) is 14.2. The van der Waals surface area contributed by atoms with Gasteiger partial charge in [-0.25, -0.2) is 0 Å². The Balaban J connectivity index is 1.82. The Morgan fingerprint density at radius 3 is 2.55 bits per heavy atom. The van der Waals surface area contributed by atoms with Crippen molar-refractivity contribution in [1.29, 1.82) is 0 Å². The van der Waals surface area contributed by atoms with Crippen LogP contribution in [0.15, 0.2) is 18.2 Å². The van der Waals surface area contributed by atoms with Gasteiger partial charge in [0.1, 0.15) is 5.75 Å². The molecule has 0 bridgehead atoms. The predicted molar refractivity (Wildman–Crippen MR) is 83.4 cm³/mol. The molecule has 2 aliphatic carbocycles. The quantitative estimate of drug-likeness (QED) is 0.867. The molecule has 0 heterocycles. The second-order valence-electron chi connectivity index (χ2n) is 6.12. The molecule has 2 fully saturated rings. The average molecular weight is 294 g/mol. The maximum Gasteiger partial charge on any atom is 0.137 e. The van der Waals surface area contributed by atoms with Gasteiger partial charge in [0.2, 0.25) is 0 Å². The molecular formula is C17H24ClNO. The van der Waals surface area contributed by atoms with Crippen molar-refractivity contribution in [2.75, 3.05) is 13.7 Å². The number of halogens is 1. The number of fused-ring (bicyclic) bond motifs is 1. The van der Waals surface area contributed by atoms with Gasteiger partial charge in [-0.2, -0.15) is 0 Å². The van der Waals surface area contributed by atoms with Gasteiger partial charge in [0.15, 0.2) is 0 Å². The number of ether oxygens (including phenoxy) is 1. The van der Waals surface area contributed by atoms with Crippen LogP contribution in [0.25, 0.3) is 0 Å². The lowest BCUT2D eigenvalue weighted by Gasteiger charge is -2.20. The van der Waals surface area contributed by atoms with Crippen molar-refractivity contribution in [2.45, 2.75) is 38.6 Å². The molecule has 2 nitrogen and oxygen atoms in total. The van der Waals surface area contributed by atoms with Gasteiger partial charge < -0.3 is 10.1 Å². The van der Waals surface area contributed by atoms with E-state index in [0.29, 0.717) is 6.04 Å². The highest BCUT2D eigenvalue weighted by Gasteiger charge is 2.54. The SMILES string of the molecule is CCNC(c1ccc(OC)c(Cl)c1)C1C2CCCCC21. The fourth-order valence-corrected chi connectivity index (χ4v) is 4.38. The summed E-state index contributed by atoms with van der Waals surface area (Å²) in [6, 6.07) is 6.70. The zero-order valence-corrected chi connectivity index (χ0v) is 13.1. The molecule has 1 N–H and O–H groups in total. The first-order valence-electron chi connectivity index (χ1n) is 7.83. The van der Waals surface area contributed by atoms with Crippen molar-refractivity contribution in [1.82, 2.24) is 5.32 Å². The number of hydrogen-bond acceptors (Lipinski definition) is 2. The van der Waals surface area contributed by atoms with Crippen molar-refractivity contribution in [3.05, 3.63) is 28.8 Å². The van der Waals surface area contributed by atoms with Crippen LogP contribution in [-0.4, -0.2) is 13.7 Å². The Hall–Kier alpha value is -0.730. The van der Waals surface area contributed by atoms with E-state index < -0.39 is 0 Å².